The van der Waals surface area contributed by atoms with E-state index in [9.17, 15) is 4.79 Å². The van der Waals surface area contributed by atoms with Gasteiger partial charge in [-0.2, -0.15) is 0 Å². The van der Waals surface area contributed by atoms with Gasteiger partial charge in [-0.1, -0.05) is 24.3 Å². The highest BCUT2D eigenvalue weighted by Gasteiger charge is 2.13. The fourth-order valence-corrected chi connectivity index (χ4v) is 2.86. The monoisotopic (exact) mass is 289 g/mol. The third kappa shape index (κ3) is 3.68. The Hall–Kier alpha value is -1.65. The number of carbonyl (C=O) groups is 1. The van der Waals surface area contributed by atoms with E-state index in [1.807, 2.05) is 12.1 Å². The Labute approximate surface area is 123 Å². The van der Waals surface area contributed by atoms with Gasteiger partial charge >= 0.3 is 0 Å². The highest BCUT2D eigenvalue weighted by atomic mass is 32.1. The topological polar surface area (TPSA) is 38.3 Å². The van der Waals surface area contributed by atoms with Crippen LogP contribution >= 0.6 is 11.3 Å². The van der Waals surface area contributed by atoms with Crippen LogP contribution in [0.15, 0.2) is 42.3 Å². The van der Waals surface area contributed by atoms with Gasteiger partial charge in [-0.05, 0) is 35.7 Å². The summed E-state index contributed by atoms with van der Waals surface area (Å²) in [4.78, 5) is 11.9. The molecule has 1 amide bonds. The van der Waals surface area contributed by atoms with Crippen LogP contribution in [0.2, 0.25) is 0 Å². The van der Waals surface area contributed by atoms with Crippen molar-refractivity contribution in [2.45, 2.75) is 26.0 Å². The zero-order valence-electron chi connectivity index (χ0n) is 11.6. The molecule has 0 spiro atoms. The van der Waals surface area contributed by atoms with Gasteiger partial charge < -0.3 is 10.1 Å². The lowest BCUT2D eigenvalue weighted by atomic mass is 10.2. The predicted octanol–water partition coefficient (Wildman–Crippen LogP) is 3.50. The smallest absolute Gasteiger partial charge is 0.249 e. The highest BCUT2D eigenvalue weighted by Crippen LogP contribution is 2.25. The van der Waals surface area contributed by atoms with Crippen LogP contribution in [0, 0.1) is 0 Å². The summed E-state index contributed by atoms with van der Waals surface area (Å²) in [6, 6.07) is 8.21. The zero-order chi connectivity index (χ0) is 14.4. The number of benzene rings is 1. The van der Waals surface area contributed by atoms with Crippen LogP contribution in [0.4, 0.5) is 0 Å². The second-order valence-electron chi connectivity index (χ2n) is 4.57. The third-order valence-electron chi connectivity index (χ3n) is 3.07. The van der Waals surface area contributed by atoms with Crippen molar-refractivity contribution in [1.29, 1.82) is 0 Å². The van der Waals surface area contributed by atoms with Crippen molar-refractivity contribution in [3.63, 3.8) is 0 Å². The molecule has 1 aromatic heterocycles. The Morgan fingerprint density at radius 3 is 3.10 bits per heavy atom. The number of thiophene rings is 1. The predicted molar refractivity (Wildman–Crippen MR) is 83.9 cm³/mol. The van der Waals surface area contributed by atoms with Gasteiger partial charge in [0.2, 0.25) is 5.91 Å². The molecule has 3 nitrogen and oxygen atoms in total. The van der Waals surface area contributed by atoms with Gasteiger partial charge in [-0.25, -0.2) is 0 Å². The molecule has 2 aromatic rings. The summed E-state index contributed by atoms with van der Waals surface area (Å²) in [6.45, 7) is 6.46. The molecule has 20 heavy (non-hydrogen) atoms. The average molecular weight is 289 g/mol. The third-order valence-corrected chi connectivity index (χ3v) is 4.09. The first-order valence-electron chi connectivity index (χ1n) is 6.67. The second-order valence-corrected chi connectivity index (χ2v) is 5.48. The number of ether oxygens (including phenoxy) is 1. The van der Waals surface area contributed by atoms with E-state index in [1.54, 1.807) is 24.3 Å². The Morgan fingerprint density at radius 2 is 2.30 bits per heavy atom. The number of hydrogen-bond donors (Lipinski definition) is 1. The molecule has 0 saturated heterocycles. The molecule has 0 aliphatic heterocycles. The van der Waals surface area contributed by atoms with E-state index in [0.29, 0.717) is 13.2 Å². The van der Waals surface area contributed by atoms with Crippen LogP contribution in [0.25, 0.3) is 10.1 Å². The number of hydrogen-bond acceptors (Lipinski definition) is 3. The number of amides is 1. The van der Waals surface area contributed by atoms with Crippen LogP contribution in [0.5, 0.6) is 0 Å². The minimum atomic E-state index is -0.431. The van der Waals surface area contributed by atoms with E-state index in [-0.39, 0.29) is 5.91 Å². The molecule has 0 fully saturated rings. The maximum atomic E-state index is 11.9. The minimum Gasteiger partial charge on any atom is -0.368 e. The molecule has 4 heteroatoms. The van der Waals surface area contributed by atoms with Gasteiger partial charge in [0, 0.05) is 11.2 Å². The maximum Gasteiger partial charge on any atom is 0.249 e. The molecule has 106 valence electrons. The van der Waals surface area contributed by atoms with Crippen molar-refractivity contribution in [2.75, 3.05) is 6.61 Å². The number of fused-ring (bicyclic) bond motifs is 1. The largest absolute Gasteiger partial charge is 0.368 e. The first-order chi connectivity index (χ1) is 9.72. The summed E-state index contributed by atoms with van der Waals surface area (Å²) in [5.74, 6) is -0.0793. The lowest BCUT2D eigenvalue weighted by molar-refractivity contribution is -0.131. The van der Waals surface area contributed by atoms with Crippen molar-refractivity contribution in [2.24, 2.45) is 0 Å². The van der Waals surface area contributed by atoms with Crippen LogP contribution < -0.4 is 5.32 Å². The lowest BCUT2D eigenvalue weighted by Gasteiger charge is -2.12. The summed E-state index contributed by atoms with van der Waals surface area (Å²) >= 11 is 1.70. The van der Waals surface area contributed by atoms with Crippen molar-refractivity contribution in [3.05, 3.63) is 47.9 Å². The van der Waals surface area contributed by atoms with Gasteiger partial charge in [0.1, 0.15) is 6.10 Å². The Kier molecular flexibility index (Phi) is 5.32. The molecule has 1 heterocycles. The molecule has 0 bridgehead atoms. The van der Waals surface area contributed by atoms with Gasteiger partial charge in [-0.3, -0.25) is 4.79 Å². The van der Waals surface area contributed by atoms with Crippen molar-refractivity contribution in [3.8, 4) is 0 Å². The quantitative estimate of drug-likeness (QED) is 0.626. The van der Waals surface area contributed by atoms with E-state index in [2.05, 4.69) is 29.4 Å². The molecular weight excluding hydrogens is 270 g/mol. The van der Waals surface area contributed by atoms with E-state index in [1.165, 1.54) is 10.1 Å². The molecule has 2 rings (SSSR count). The van der Waals surface area contributed by atoms with Crippen LogP contribution in [0.3, 0.4) is 0 Å². The average Bonchev–Trinajstić information content (AvgIpc) is 2.88. The molecule has 0 aliphatic carbocycles. The van der Waals surface area contributed by atoms with Crippen LogP contribution in [-0.4, -0.2) is 18.6 Å². The Bertz CT molecular complexity index is 591. The normalized spacial score (nSPS) is 12.2. The van der Waals surface area contributed by atoms with Crippen LogP contribution in [0.1, 0.15) is 18.9 Å². The number of nitrogens with one attached hydrogen (secondary N) is 1. The molecule has 1 N–H and O–H groups in total. The van der Waals surface area contributed by atoms with Crippen molar-refractivity contribution in [1.82, 2.24) is 5.32 Å². The van der Waals surface area contributed by atoms with E-state index < -0.39 is 6.10 Å². The van der Waals surface area contributed by atoms with E-state index in [0.717, 1.165) is 12.0 Å². The molecule has 0 aliphatic rings. The molecule has 1 unspecified atom stereocenters. The Balaban J connectivity index is 1.88. The summed E-state index contributed by atoms with van der Waals surface area (Å²) in [5, 5.41) is 6.22. The summed E-state index contributed by atoms with van der Waals surface area (Å²) in [7, 11) is 0. The zero-order valence-corrected chi connectivity index (χ0v) is 12.4. The number of carbonyl (C=O) groups excluding carboxylic acids is 1. The van der Waals surface area contributed by atoms with Gasteiger partial charge in [0.05, 0.1) is 6.61 Å². The van der Waals surface area contributed by atoms with E-state index in [4.69, 9.17) is 4.74 Å². The van der Waals surface area contributed by atoms with Crippen LogP contribution in [-0.2, 0) is 16.1 Å². The molecule has 0 radical (unpaired) electrons. The van der Waals surface area contributed by atoms with E-state index >= 15 is 0 Å². The SMILES string of the molecule is C=CCCOC(C)C(=O)NCc1csc2ccccc12. The summed E-state index contributed by atoms with van der Waals surface area (Å²) < 4.78 is 6.66. The fourth-order valence-electron chi connectivity index (χ4n) is 1.90. The molecule has 1 aromatic carbocycles. The summed E-state index contributed by atoms with van der Waals surface area (Å²) in [6.07, 6.45) is 2.11. The maximum absolute atomic E-state index is 11.9. The van der Waals surface area contributed by atoms with Gasteiger partial charge in [0.25, 0.3) is 0 Å². The number of rotatable bonds is 7. The first kappa shape index (κ1) is 14.8. The fraction of sp³-hybridized carbons (Fsp3) is 0.312. The Morgan fingerprint density at radius 1 is 1.50 bits per heavy atom. The highest BCUT2D eigenvalue weighted by molar-refractivity contribution is 7.17. The van der Waals surface area contributed by atoms with Crippen molar-refractivity contribution >= 4 is 27.3 Å². The second kappa shape index (κ2) is 7.22. The van der Waals surface area contributed by atoms with Gasteiger partial charge in [-0.15, -0.1) is 17.9 Å². The minimum absolute atomic E-state index is 0.0793. The standard InChI is InChI=1S/C16H19NO2S/c1-3-4-9-19-12(2)16(18)17-10-13-11-20-15-8-6-5-7-14(13)15/h3,5-8,11-12H,1,4,9-10H2,2H3,(H,17,18). The van der Waals surface area contributed by atoms with Gasteiger partial charge in [0.15, 0.2) is 0 Å². The van der Waals surface area contributed by atoms with Crippen molar-refractivity contribution < 1.29 is 9.53 Å². The molecule has 1 atom stereocenters. The first-order valence-corrected chi connectivity index (χ1v) is 7.55. The molecular formula is C16H19NO2S. The molecule has 0 saturated carbocycles. The lowest BCUT2D eigenvalue weighted by Crippen LogP contribution is -2.34. The summed E-state index contributed by atoms with van der Waals surface area (Å²) in [5.41, 5.74) is 1.15.